The van der Waals surface area contributed by atoms with Crippen LogP contribution in [0.25, 0.3) is 0 Å². The maximum absolute atomic E-state index is 13.9. The Morgan fingerprint density at radius 3 is 2.48 bits per heavy atom. The van der Waals surface area contributed by atoms with Crippen LogP contribution in [0.1, 0.15) is 98.5 Å². The molecule has 5 aliphatic carbocycles. The fourth-order valence-electron chi connectivity index (χ4n) is 12.9. The lowest BCUT2D eigenvalue weighted by molar-refractivity contribution is -0.182. The lowest BCUT2D eigenvalue weighted by Gasteiger charge is -2.63. The Bertz CT molecular complexity index is 1270. The smallest absolute Gasteiger partial charge is 0.219 e. The van der Waals surface area contributed by atoms with Crippen LogP contribution in [-0.2, 0) is 16.1 Å². The average Bonchev–Trinajstić information content (AvgIpc) is 3.55. The Morgan fingerprint density at radius 1 is 1.05 bits per heavy atom. The monoisotopic (exact) mass is 581 g/mol. The number of rotatable bonds is 4. The molecule has 1 heterocycles. The summed E-state index contributed by atoms with van der Waals surface area (Å²) in [7, 11) is 0. The quantitative estimate of drug-likeness (QED) is 0.435. The van der Waals surface area contributed by atoms with E-state index in [-0.39, 0.29) is 57.6 Å². The van der Waals surface area contributed by atoms with Crippen molar-refractivity contribution in [3.63, 3.8) is 0 Å². The lowest BCUT2D eigenvalue weighted by atomic mass is 9.41. The van der Waals surface area contributed by atoms with Crippen LogP contribution in [0.3, 0.4) is 0 Å². The van der Waals surface area contributed by atoms with Gasteiger partial charge in [-0.15, -0.1) is 0 Å². The zero-order valence-corrected chi connectivity index (χ0v) is 26.5. The van der Waals surface area contributed by atoms with Gasteiger partial charge in [-0.05, 0) is 114 Å². The summed E-state index contributed by atoms with van der Waals surface area (Å²) in [5, 5.41) is 23.4. The summed E-state index contributed by atoms with van der Waals surface area (Å²) >= 11 is 0. The molecule has 232 valence electrons. The van der Waals surface area contributed by atoms with Gasteiger partial charge in [-0.1, -0.05) is 46.8 Å². The van der Waals surface area contributed by atoms with E-state index in [9.17, 15) is 19.4 Å². The van der Waals surface area contributed by atoms with E-state index in [1.807, 2.05) is 6.07 Å². The average molecular weight is 582 g/mol. The molecule has 6 heteroatoms. The number of hydrogen-bond acceptors (Lipinski definition) is 4. The first-order valence-corrected chi connectivity index (χ1v) is 16.7. The van der Waals surface area contributed by atoms with Gasteiger partial charge in [0.1, 0.15) is 5.82 Å². The second kappa shape index (κ2) is 9.26. The van der Waals surface area contributed by atoms with E-state index in [0.717, 1.165) is 44.1 Å². The van der Waals surface area contributed by atoms with Gasteiger partial charge in [0, 0.05) is 25.4 Å². The zero-order valence-electron chi connectivity index (χ0n) is 26.5. The third kappa shape index (κ3) is 3.61. The van der Waals surface area contributed by atoms with Crippen LogP contribution in [0.2, 0.25) is 0 Å². The third-order valence-electron chi connectivity index (χ3n) is 15.0. The van der Waals surface area contributed by atoms with Crippen molar-refractivity contribution < 1.29 is 24.1 Å². The summed E-state index contributed by atoms with van der Waals surface area (Å²) in [6.07, 6.45) is 7.69. The zero-order chi connectivity index (χ0) is 30.0. The number of ether oxygens (including phenoxy) is 1. The number of nitrogens with zero attached hydrogens (tertiary/aromatic N) is 1. The van der Waals surface area contributed by atoms with E-state index in [4.69, 9.17) is 4.74 Å². The minimum atomic E-state index is -0.537. The summed E-state index contributed by atoms with van der Waals surface area (Å²) in [6.45, 7) is 14.2. The van der Waals surface area contributed by atoms with Gasteiger partial charge in [-0.2, -0.15) is 0 Å². The van der Waals surface area contributed by atoms with Crippen LogP contribution in [-0.4, -0.2) is 52.0 Å². The topological polar surface area (TPSA) is 70.0 Å². The van der Waals surface area contributed by atoms with Gasteiger partial charge >= 0.3 is 0 Å². The number of benzene rings is 1. The largest absolute Gasteiger partial charge is 0.393 e. The highest BCUT2D eigenvalue weighted by molar-refractivity contribution is 5.73. The predicted octanol–water partition coefficient (Wildman–Crippen LogP) is 6.35. The minimum Gasteiger partial charge on any atom is -0.393 e. The highest BCUT2D eigenvalue weighted by atomic mass is 19.1. The van der Waals surface area contributed by atoms with Crippen LogP contribution in [0.4, 0.5) is 4.39 Å². The number of carbonyl (C=O) groups is 1. The van der Waals surface area contributed by atoms with E-state index in [1.165, 1.54) is 25.0 Å². The summed E-state index contributed by atoms with van der Waals surface area (Å²) < 4.78 is 20.7. The summed E-state index contributed by atoms with van der Waals surface area (Å²) in [6, 6.07) is 6.46. The first-order chi connectivity index (χ1) is 19.7. The van der Waals surface area contributed by atoms with E-state index < -0.39 is 6.10 Å². The second-order valence-corrected chi connectivity index (χ2v) is 16.7. The molecule has 1 amide bonds. The molecule has 12 unspecified atom stereocenters. The molecule has 42 heavy (non-hydrogen) atoms. The molecule has 2 spiro atoms. The Kier molecular flexibility index (Phi) is 6.45. The molecule has 6 fully saturated rings. The van der Waals surface area contributed by atoms with Crippen molar-refractivity contribution in [3.05, 3.63) is 35.6 Å². The molecule has 0 radical (unpaired) electrons. The molecule has 1 aliphatic heterocycles. The van der Waals surface area contributed by atoms with Gasteiger partial charge in [0.15, 0.2) is 0 Å². The fraction of sp³-hybridized carbons (Fsp3) is 0.806. The maximum atomic E-state index is 13.9. The molecule has 12 atom stereocenters. The SMILES string of the molecule is CC(=O)N(Cc1cccc(F)c1)CC1CC(C)C2C(O1)C(O)C1(C)C3CCC4C(C)(C)C(O)CCC45CC35CCC21C. The molecule has 0 aromatic heterocycles. The molecule has 0 bridgehead atoms. The van der Waals surface area contributed by atoms with E-state index in [2.05, 4.69) is 34.6 Å². The molecule has 5 saturated carbocycles. The van der Waals surface area contributed by atoms with Gasteiger partial charge < -0.3 is 19.8 Å². The Labute approximate surface area is 251 Å². The van der Waals surface area contributed by atoms with Crippen molar-refractivity contribution in [1.29, 1.82) is 0 Å². The summed E-state index contributed by atoms with van der Waals surface area (Å²) in [4.78, 5) is 14.4. The molecule has 6 aliphatic rings. The number of hydrogen-bond donors (Lipinski definition) is 2. The molecule has 1 aromatic rings. The fourth-order valence-corrected chi connectivity index (χ4v) is 12.9. The van der Waals surface area contributed by atoms with Crippen LogP contribution in [0.5, 0.6) is 0 Å². The first kappa shape index (κ1) is 29.2. The molecule has 2 N–H and O–H groups in total. The van der Waals surface area contributed by atoms with Gasteiger partial charge in [-0.25, -0.2) is 4.39 Å². The van der Waals surface area contributed by atoms with Crippen molar-refractivity contribution in [2.45, 2.75) is 124 Å². The van der Waals surface area contributed by atoms with Crippen molar-refractivity contribution in [3.8, 4) is 0 Å². The van der Waals surface area contributed by atoms with Crippen molar-refractivity contribution in [1.82, 2.24) is 4.90 Å². The lowest BCUT2D eigenvalue weighted by Crippen LogP contribution is -2.59. The first-order valence-electron chi connectivity index (χ1n) is 16.7. The summed E-state index contributed by atoms with van der Waals surface area (Å²) in [5.74, 6) is 1.36. The van der Waals surface area contributed by atoms with Gasteiger partial charge in [-0.3, -0.25) is 4.79 Å². The molecule has 1 saturated heterocycles. The highest BCUT2D eigenvalue weighted by Gasteiger charge is 2.84. The van der Waals surface area contributed by atoms with Crippen molar-refractivity contribution in [2.24, 2.45) is 50.7 Å². The molecule has 7 rings (SSSR count). The third-order valence-corrected chi connectivity index (χ3v) is 15.0. The molecule has 5 nitrogen and oxygen atoms in total. The number of carbonyl (C=O) groups excluding carboxylic acids is 1. The maximum Gasteiger partial charge on any atom is 0.219 e. The molecular weight excluding hydrogens is 529 g/mol. The Hall–Kier alpha value is -1.50. The normalized spacial score (nSPS) is 50.0. The number of halogens is 1. The standard InChI is InChI=1S/C36H52FNO4/c1-21-16-25(19-38(22(2)39)18-23-8-7-9-24(37)17-23)42-30-29(21)33(5)14-15-36-20-35(36)13-12-28(40)32(3,4)26(35)10-11-27(36)34(33,6)31(30)41/h7-9,17,21,25-31,40-41H,10-16,18-20H2,1-6H3. The molecular formula is C36H52FNO4. The number of fused-ring (bicyclic) bond motifs is 4. The van der Waals surface area contributed by atoms with E-state index in [0.29, 0.717) is 36.3 Å². The van der Waals surface area contributed by atoms with Crippen LogP contribution in [0.15, 0.2) is 24.3 Å². The Morgan fingerprint density at radius 2 is 1.76 bits per heavy atom. The minimum absolute atomic E-state index is 0.000466. The van der Waals surface area contributed by atoms with Crippen LogP contribution < -0.4 is 0 Å². The van der Waals surface area contributed by atoms with E-state index in [1.54, 1.807) is 17.9 Å². The van der Waals surface area contributed by atoms with E-state index >= 15 is 0 Å². The highest BCUT2D eigenvalue weighted by Crippen LogP contribution is 2.89. The summed E-state index contributed by atoms with van der Waals surface area (Å²) in [5.41, 5.74) is 1.12. The number of aliphatic hydroxyl groups is 2. The van der Waals surface area contributed by atoms with Crippen LogP contribution in [0, 0.1) is 56.6 Å². The van der Waals surface area contributed by atoms with Gasteiger partial charge in [0.2, 0.25) is 5.91 Å². The van der Waals surface area contributed by atoms with Gasteiger partial charge in [0.25, 0.3) is 0 Å². The second-order valence-electron chi connectivity index (χ2n) is 16.7. The Balaban J connectivity index is 1.15. The van der Waals surface area contributed by atoms with Gasteiger partial charge in [0.05, 0.1) is 24.4 Å². The van der Waals surface area contributed by atoms with Crippen molar-refractivity contribution >= 4 is 5.91 Å². The number of amides is 1. The number of aliphatic hydroxyl groups excluding tert-OH is 2. The predicted molar refractivity (Wildman–Crippen MR) is 160 cm³/mol. The van der Waals surface area contributed by atoms with Crippen LogP contribution >= 0.6 is 0 Å². The molecule has 1 aromatic carbocycles. The van der Waals surface area contributed by atoms with Crippen molar-refractivity contribution in [2.75, 3.05) is 6.54 Å².